The lowest BCUT2D eigenvalue weighted by molar-refractivity contribution is 0.329. The molecule has 0 radical (unpaired) electrons. The SMILES string of the molecule is CCOc1ccc(S(=O)(=O)NCC(C)C)cc1C(C)(C)C. The Bertz CT molecular complexity index is 572. The number of sulfonamides is 1. The van der Waals surface area contributed by atoms with Gasteiger partial charge < -0.3 is 4.74 Å². The van der Waals surface area contributed by atoms with Gasteiger partial charge in [0.1, 0.15) is 5.75 Å². The molecule has 0 aliphatic carbocycles. The van der Waals surface area contributed by atoms with Crippen molar-refractivity contribution in [2.24, 2.45) is 5.92 Å². The highest BCUT2D eigenvalue weighted by Gasteiger charge is 2.23. The molecule has 120 valence electrons. The van der Waals surface area contributed by atoms with Crippen molar-refractivity contribution < 1.29 is 13.2 Å². The minimum atomic E-state index is -3.48. The van der Waals surface area contributed by atoms with Gasteiger partial charge in [0.25, 0.3) is 0 Å². The number of hydrogen-bond donors (Lipinski definition) is 1. The van der Waals surface area contributed by atoms with Gasteiger partial charge in [-0.25, -0.2) is 13.1 Å². The van der Waals surface area contributed by atoms with E-state index in [4.69, 9.17) is 4.74 Å². The number of ether oxygens (including phenoxy) is 1. The van der Waals surface area contributed by atoms with Crippen molar-refractivity contribution >= 4 is 10.0 Å². The van der Waals surface area contributed by atoms with E-state index < -0.39 is 10.0 Å². The number of hydrogen-bond acceptors (Lipinski definition) is 3. The second-order valence-corrected chi connectivity index (χ2v) is 8.35. The molecule has 0 aromatic heterocycles. The van der Waals surface area contributed by atoms with Crippen molar-refractivity contribution in [1.82, 2.24) is 4.72 Å². The zero-order valence-corrected chi connectivity index (χ0v) is 14.7. The maximum atomic E-state index is 12.3. The summed E-state index contributed by atoms with van der Waals surface area (Å²) in [5, 5.41) is 0. The Kier molecular flexibility index (Phi) is 5.82. The van der Waals surface area contributed by atoms with Crippen LogP contribution >= 0.6 is 0 Å². The average Bonchev–Trinajstić information content (AvgIpc) is 2.36. The normalized spacial score (nSPS) is 12.7. The summed E-state index contributed by atoms with van der Waals surface area (Å²) in [7, 11) is -3.48. The standard InChI is InChI=1S/C16H27NO3S/c1-7-20-15-9-8-13(10-14(15)16(4,5)6)21(18,19)17-11-12(2)3/h8-10,12,17H,7,11H2,1-6H3. The molecule has 0 saturated carbocycles. The molecule has 0 aliphatic rings. The van der Waals surface area contributed by atoms with Crippen molar-refractivity contribution in [2.75, 3.05) is 13.2 Å². The van der Waals surface area contributed by atoms with E-state index in [1.807, 2.05) is 41.5 Å². The number of rotatable bonds is 6. The molecule has 0 spiro atoms. The van der Waals surface area contributed by atoms with Gasteiger partial charge in [0.15, 0.2) is 0 Å². The molecule has 0 bridgehead atoms. The Hall–Kier alpha value is -1.07. The van der Waals surface area contributed by atoms with Gasteiger partial charge in [-0.2, -0.15) is 0 Å². The first kappa shape index (κ1) is 18.0. The molecule has 0 amide bonds. The van der Waals surface area contributed by atoms with E-state index in [2.05, 4.69) is 4.72 Å². The fourth-order valence-electron chi connectivity index (χ4n) is 1.90. The van der Waals surface area contributed by atoms with Crippen LogP contribution < -0.4 is 9.46 Å². The molecule has 0 atom stereocenters. The van der Waals surface area contributed by atoms with Crippen LogP contribution in [0.25, 0.3) is 0 Å². The number of benzene rings is 1. The van der Waals surface area contributed by atoms with Crippen LogP contribution in [0.3, 0.4) is 0 Å². The van der Waals surface area contributed by atoms with Crippen LogP contribution in [0.15, 0.2) is 23.1 Å². The topological polar surface area (TPSA) is 55.4 Å². The minimum Gasteiger partial charge on any atom is -0.494 e. The molecule has 0 fully saturated rings. The summed E-state index contributed by atoms with van der Waals surface area (Å²) in [4.78, 5) is 0.288. The Morgan fingerprint density at radius 3 is 2.33 bits per heavy atom. The molecule has 21 heavy (non-hydrogen) atoms. The minimum absolute atomic E-state index is 0.186. The molecule has 1 N–H and O–H groups in total. The van der Waals surface area contributed by atoms with Crippen LogP contribution in [0.4, 0.5) is 0 Å². The lowest BCUT2D eigenvalue weighted by Gasteiger charge is -2.23. The summed E-state index contributed by atoms with van der Waals surface area (Å²) in [6.07, 6.45) is 0. The highest BCUT2D eigenvalue weighted by atomic mass is 32.2. The predicted molar refractivity (Wildman–Crippen MR) is 86.3 cm³/mol. The van der Waals surface area contributed by atoms with Gasteiger partial charge >= 0.3 is 0 Å². The first-order valence-corrected chi connectivity index (χ1v) is 8.83. The number of nitrogens with one attached hydrogen (secondary N) is 1. The van der Waals surface area contributed by atoms with Gasteiger partial charge in [-0.05, 0) is 36.5 Å². The van der Waals surface area contributed by atoms with E-state index in [-0.39, 0.29) is 16.2 Å². The maximum absolute atomic E-state index is 12.3. The van der Waals surface area contributed by atoms with Gasteiger partial charge in [-0.15, -0.1) is 0 Å². The van der Waals surface area contributed by atoms with Crippen molar-refractivity contribution in [1.29, 1.82) is 0 Å². The molecule has 0 aliphatic heterocycles. The van der Waals surface area contributed by atoms with Crippen LogP contribution in [0, 0.1) is 5.92 Å². The van der Waals surface area contributed by atoms with Crippen molar-refractivity contribution in [2.45, 2.75) is 51.9 Å². The molecule has 1 aromatic rings. The van der Waals surface area contributed by atoms with E-state index in [0.717, 1.165) is 11.3 Å². The van der Waals surface area contributed by atoms with E-state index in [1.165, 1.54) is 0 Å². The van der Waals surface area contributed by atoms with Crippen LogP contribution in [0.5, 0.6) is 5.75 Å². The van der Waals surface area contributed by atoms with Crippen LogP contribution in [0.2, 0.25) is 0 Å². The Morgan fingerprint density at radius 2 is 1.86 bits per heavy atom. The van der Waals surface area contributed by atoms with E-state index >= 15 is 0 Å². The Labute approximate surface area is 129 Å². The third-order valence-corrected chi connectivity index (χ3v) is 4.47. The first-order valence-electron chi connectivity index (χ1n) is 7.35. The largest absolute Gasteiger partial charge is 0.494 e. The summed E-state index contributed by atoms with van der Waals surface area (Å²) in [5.74, 6) is 1.01. The summed E-state index contributed by atoms with van der Waals surface area (Å²) >= 11 is 0. The summed E-state index contributed by atoms with van der Waals surface area (Å²) in [6, 6.07) is 5.06. The van der Waals surface area contributed by atoms with E-state index in [1.54, 1.807) is 18.2 Å². The van der Waals surface area contributed by atoms with Gasteiger partial charge in [0.05, 0.1) is 11.5 Å². The second-order valence-electron chi connectivity index (χ2n) is 6.59. The summed E-state index contributed by atoms with van der Waals surface area (Å²) in [6.45, 7) is 13.0. The fourth-order valence-corrected chi connectivity index (χ4v) is 3.14. The Balaban J connectivity index is 3.22. The lowest BCUT2D eigenvalue weighted by Crippen LogP contribution is -2.28. The molecule has 1 aromatic carbocycles. The highest BCUT2D eigenvalue weighted by Crippen LogP contribution is 2.33. The molecule has 4 nitrogen and oxygen atoms in total. The van der Waals surface area contributed by atoms with Gasteiger partial charge in [-0.3, -0.25) is 0 Å². The molecular weight excluding hydrogens is 286 g/mol. The molecular formula is C16H27NO3S. The third kappa shape index (κ3) is 5.00. The zero-order valence-electron chi connectivity index (χ0n) is 13.9. The zero-order chi connectivity index (χ0) is 16.3. The van der Waals surface area contributed by atoms with Gasteiger partial charge in [-0.1, -0.05) is 34.6 Å². The summed E-state index contributed by atoms with van der Waals surface area (Å²) in [5.41, 5.74) is 0.713. The molecule has 5 heteroatoms. The van der Waals surface area contributed by atoms with Crippen LogP contribution in [-0.2, 0) is 15.4 Å². The lowest BCUT2D eigenvalue weighted by atomic mass is 9.86. The van der Waals surface area contributed by atoms with Crippen molar-refractivity contribution in [3.63, 3.8) is 0 Å². The highest BCUT2D eigenvalue weighted by molar-refractivity contribution is 7.89. The first-order chi connectivity index (χ1) is 9.58. The third-order valence-electron chi connectivity index (χ3n) is 3.05. The Morgan fingerprint density at radius 1 is 1.24 bits per heavy atom. The monoisotopic (exact) mass is 313 g/mol. The maximum Gasteiger partial charge on any atom is 0.240 e. The quantitative estimate of drug-likeness (QED) is 0.876. The van der Waals surface area contributed by atoms with Crippen molar-refractivity contribution in [3.8, 4) is 5.75 Å². The van der Waals surface area contributed by atoms with E-state index in [9.17, 15) is 8.42 Å². The van der Waals surface area contributed by atoms with Crippen molar-refractivity contribution in [3.05, 3.63) is 23.8 Å². The summed E-state index contributed by atoms with van der Waals surface area (Å²) < 4.78 is 32.9. The van der Waals surface area contributed by atoms with Gasteiger partial charge in [0, 0.05) is 12.1 Å². The fraction of sp³-hybridized carbons (Fsp3) is 0.625. The van der Waals surface area contributed by atoms with E-state index in [0.29, 0.717) is 13.2 Å². The molecule has 0 saturated heterocycles. The average molecular weight is 313 g/mol. The predicted octanol–water partition coefficient (Wildman–Crippen LogP) is 3.32. The molecule has 1 rings (SSSR count). The second kappa shape index (κ2) is 6.79. The molecule has 0 unspecified atom stereocenters. The van der Waals surface area contributed by atoms with Gasteiger partial charge in [0.2, 0.25) is 10.0 Å². The molecule has 0 heterocycles. The van der Waals surface area contributed by atoms with Crippen LogP contribution in [0.1, 0.15) is 47.1 Å². The smallest absolute Gasteiger partial charge is 0.240 e. The van der Waals surface area contributed by atoms with Crippen LogP contribution in [-0.4, -0.2) is 21.6 Å².